The molecule has 1 heterocycles. The van der Waals surface area contributed by atoms with Crippen molar-refractivity contribution in [2.24, 2.45) is 0 Å². The van der Waals surface area contributed by atoms with Crippen molar-refractivity contribution in [3.05, 3.63) is 72.6 Å². The summed E-state index contributed by atoms with van der Waals surface area (Å²) in [6.45, 7) is 2.11. The molecule has 0 atom stereocenters. The fourth-order valence-corrected chi connectivity index (χ4v) is 2.27. The first-order chi connectivity index (χ1) is 10.8. The lowest BCUT2D eigenvalue weighted by Crippen LogP contribution is -2.07. The number of hydrogen-bond acceptors (Lipinski definition) is 3. The van der Waals surface area contributed by atoms with Crippen molar-refractivity contribution < 1.29 is 9.53 Å². The molecule has 0 unspecified atom stereocenters. The van der Waals surface area contributed by atoms with E-state index in [2.05, 4.69) is 5.10 Å². The fraction of sp³-hybridized carbons (Fsp3) is 0.111. The lowest BCUT2D eigenvalue weighted by molar-refractivity contribution is 0.0520. The van der Waals surface area contributed by atoms with E-state index in [0.29, 0.717) is 12.3 Å². The number of ether oxygens (including phenoxy) is 1. The molecular weight excluding hydrogens is 276 g/mol. The van der Waals surface area contributed by atoms with Crippen LogP contribution in [0.25, 0.3) is 16.8 Å². The van der Waals surface area contributed by atoms with Crippen LogP contribution < -0.4 is 0 Å². The summed E-state index contributed by atoms with van der Waals surface area (Å²) in [6, 6.07) is 19.4. The SMILES string of the molecule is CCOC(=O)c1nn(-c2ccccc2)cc1-c1ccccc1. The average molecular weight is 292 g/mol. The van der Waals surface area contributed by atoms with Gasteiger partial charge in [-0.2, -0.15) is 5.10 Å². The number of hydrogen-bond donors (Lipinski definition) is 0. The zero-order valence-corrected chi connectivity index (χ0v) is 12.3. The van der Waals surface area contributed by atoms with Gasteiger partial charge in [0.2, 0.25) is 0 Å². The zero-order chi connectivity index (χ0) is 15.4. The van der Waals surface area contributed by atoms with Crippen molar-refractivity contribution in [1.82, 2.24) is 9.78 Å². The van der Waals surface area contributed by atoms with Crippen LogP contribution in [-0.4, -0.2) is 22.4 Å². The summed E-state index contributed by atoms with van der Waals surface area (Å²) < 4.78 is 6.83. The number of esters is 1. The number of rotatable bonds is 4. The Hall–Kier alpha value is -2.88. The van der Waals surface area contributed by atoms with Gasteiger partial charge in [0.05, 0.1) is 12.3 Å². The van der Waals surface area contributed by atoms with Gasteiger partial charge in [0.15, 0.2) is 5.69 Å². The Bertz CT molecular complexity index is 764. The summed E-state index contributed by atoms with van der Waals surface area (Å²) in [6.07, 6.45) is 1.86. The molecule has 0 aliphatic carbocycles. The van der Waals surface area contributed by atoms with E-state index in [1.54, 1.807) is 11.6 Å². The zero-order valence-electron chi connectivity index (χ0n) is 12.3. The second kappa shape index (κ2) is 6.26. The van der Waals surface area contributed by atoms with Crippen LogP contribution in [0.2, 0.25) is 0 Å². The maximum Gasteiger partial charge on any atom is 0.359 e. The first-order valence-corrected chi connectivity index (χ1v) is 7.17. The molecule has 4 nitrogen and oxygen atoms in total. The molecule has 0 aliphatic rings. The van der Waals surface area contributed by atoms with Crippen molar-refractivity contribution in [3.63, 3.8) is 0 Å². The molecule has 110 valence electrons. The van der Waals surface area contributed by atoms with Crippen LogP contribution in [0.15, 0.2) is 66.9 Å². The fourth-order valence-electron chi connectivity index (χ4n) is 2.27. The molecule has 22 heavy (non-hydrogen) atoms. The Kier molecular flexibility index (Phi) is 4.01. The van der Waals surface area contributed by atoms with Gasteiger partial charge in [-0.05, 0) is 24.6 Å². The molecule has 0 fully saturated rings. The summed E-state index contributed by atoms with van der Waals surface area (Å²) in [7, 11) is 0. The molecule has 0 aliphatic heterocycles. The molecule has 3 rings (SSSR count). The number of aromatic nitrogens is 2. The molecular formula is C18H16N2O2. The Labute approximate surface area is 129 Å². The van der Waals surface area contributed by atoms with Crippen LogP contribution in [-0.2, 0) is 4.74 Å². The van der Waals surface area contributed by atoms with Crippen molar-refractivity contribution in [2.45, 2.75) is 6.92 Å². The maximum atomic E-state index is 12.2. The van der Waals surface area contributed by atoms with Crippen molar-refractivity contribution in [2.75, 3.05) is 6.61 Å². The minimum atomic E-state index is -0.406. The third kappa shape index (κ3) is 2.76. The number of para-hydroxylation sites is 1. The van der Waals surface area contributed by atoms with Crippen LogP contribution in [0.1, 0.15) is 17.4 Å². The van der Waals surface area contributed by atoms with Gasteiger partial charge in [0.25, 0.3) is 0 Å². The highest BCUT2D eigenvalue weighted by atomic mass is 16.5. The highest BCUT2D eigenvalue weighted by Crippen LogP contribution is 2.25. The van der Waals surface area contributed by atoms with Gasteiger partial charge < -0.3 is 4.74 Å². The van der Waals surface area contributed by atoms with E-state index in [9.17, 15) is 4.79 Å². The molecule has 0 spiro atoms. The molecule has 2 aromatic carbocycles. The highest BCUT2D eigenvalue weighted by molar-refractivity contribution is 5.95. The normalized spacial score (nSPS) is 10.4. The molecule has 0 N–H and O–H groups in total. The summed E-state index contributed by atoms with van der Waals surface area (Å²) >= 11 is 0. The minimum absolute atomic E-state index is 0.325. The summed E-state index contributed by atoms with van der Waals surface area (Å²) in [4.78, 5) is 12.2. The van der Waals surface area contributed by atoms with Gasteiger partial charge in [-0.25, -0.2) is 9.48 Å². The quantitative estimate of drug-likeness (QED) is 0.688. The highest BCUT2D eigenvalue weighted by Gasteiger charge is 2.19. The Morgan fingerprint density at radius 1 is 1.05 bits per heavy atom. The molecule has 0 amide bonds. The van der Waals surface area contributed by atoms with E-state index in [4.69, 9.17) is 4.74 Å². The first kappa shape index (κ1) is 14.1. The van der Waals surface area contributed by atoms with Crippen molar-refractivity contribution in [3.8, 4) is 16.8 Å². The number of carbonyl (C=O) groups is 1. The molecule has 0 bridgehead atoms. The third-order valence-electron chi connectivity index (χ3n) is 3.29. The van der Waals surface area contributed by atoms with Crippen LogP contribution in [0.5, 0.6) is 0 Å². The van der Waals surface area contributed by atoms with Crippen LogP contribution in [0, 0.1) is 0 Å². The summed E-state index contributed by atoms with van der Waals surface area (Å²) in [5.74, 6) is -0.406. The van der Waals surface area contributed by atoms with Crippen LogP contribution in [0.4, 0.5) is 0 Å². The maximum absolute atomic E-state index is 12.2. The molecule has 0 radical (unpaired) electrons. The number of nitrogens with zero attached hydrogens (tertiary/aromatic N) is 2. The summed E-state index contributed by atoms with van der Waals surface area (Å²) in [5.41, 5.74) is 2.93. The lowest BCUT2D eigenvalue weighted by Gasteiger charge is -2.01. The van der Waals surface area contributed by atoms with E-state index < -0.39 is 5.97 Å². The number of carbonyl (C=O) groups excluding carboxylic acids is 1. The molecule has 4 heteroatoms. The monoisotopic (exact) mass is 292 g/mol. The number of benzene rings is 2. The lowest BCUT2D eigenvalue weighted by atomic mass is 10.1. The van der Waals surface area contributed by atoms with E-state index in [0.717, 1.165) is 16.8 Å². The van der Waals surface area contributed by atoms with Crippen molar-refractivity contribution >= 4 is 5.97 Å². The molecule has 3 aromatic rings. The van der Waals surface area contributed by atoms with E-state index >= 15 is 0 Å². The van der Waals surface area contributed by atoms with Gasteiger partial charge in [0.1, 0.15) is 0 Å². The smallest absolute Gasteiger partial charge is 0.359 e. The van der Waals surface area contributed by atoms with Gasteiger partial charge in [-0.1, -0.05) is 48.5 Å². The first-order valence-electron chi connectivity index (χ1n) is 7.17. The minimum Gasteiger partial charge on any atom is -0.461 e. The van der Waals surface area contributed by atoms with Crippen LogP contribution >= 0.6 is 0 Å². The van der Waals surface area contributed by atoms with Gasteiger partial charge >= 0.3 is 5.97 Å². The standard InChI is InChI=1S/C18H16N2O2/c1-2-22-18(21)17-16(14-9-5-3-6-10-14)13-20(19-17)15-11-7-4-8-12-15/h3-13H,2H2,1H3. The summed E-state index contributed by atoms with van der Waals surface area (Å²) in [5, 5.41) is 4.42. The topological polar surface area (TPSA) is 44.1 Å². The van der Waals surface area contributed by atoms with Crippen LogP contribution in [0.3, 0.4) is 0 Å². The molecule has 0 saturated heterocycles. The van der Waals surface area contributed by atoms with Gasteiger partial charge in [0, 0.05) is 11.8 Å². The van der Waals surface area contributed by atoms with E-state index in [1.165, 1.54) is 0 Å². The predicted octanol–water partition coefficient (Wildman–Crippen LogP) is 3.72. The Morgan fingerprint density at radius 3 is 2.32 bits per heavy atom. The second-order valence-electron chi connectivity index (χ2n) is 4.76. The largest absolute Gasteiger partial charge is 0.461 e. The Morgan fingerprint density at radius 2 is 1.68 bits per heavy atom. The average Bonchev–Trinajstić information content (AvgIpc) is 3.02. The molecule has 0 saturated carbocycles. The van der Waals surface area contributed by atoms with Gasteiger partial charge in [-0.15, -0.1) is 0 Å². The van der Waals surface area contributed by atoms with E-state index in [1.807, 2.05) is 66.9 Å². The molecule has 1 aromatic heterocycles. The van der Waals surface area contributed by atoms with Crippen molar-refractivity contribution in [1.29, 1.82) is 0 Å². The van der Waals surface area contributed by atoms with E-state index in [-0.39, 0.29) is 0 Å². The second-order valence-corrected chi connectivity index (χ2v) is 4.76. The van der Waals surface area contributed by atoms with Gasteiger partial charge in [-0.3, -0.25) is 0 Å². The predicted molar refractivity (Wildman–Crippen MR) is 85.0 cm³/mol. The Balaban J connectivity index is 2.11. The third-order valence-corrected chi connectivity index (χ3v) is 3.29.